The van der Waals surface area contributed by atoms with E-state index in [1.165, 1.54) is 13.3 Å². The van der Waals surface area contributed by atoms with Crippen LogP contribution in [-0.4, -0.2) is 32.6 Å². The summed E-state index contributed by atoms with van der Waals surface area (Å²) in [5, 5.41) is 11.6. The van der Waals surface area contributed by atoms with Crippen LogP contribution in [0.3, 0.4) is 0 Å². The molecule has 162 valence electrons. The summed E-state index contributed by atoms with van der Waals surface area (Å²) in [7, 11) is 1.28. The van der Waals surface area contributed by atoms with Gasteiger partial charge in [-0.15, -0.1) is 0 Å². The van der Waals surface area contributed by atoms with Gasteiger partial charge in [-0.1, -0.05) is 48.0 Å². The maximum Gasteiger partial charge on any atom is 0.340 e. The van der Waals surface area contributed by atoms with Gasteiger partial charge in [-0.3, -0.25) is 9.48 Å². The van der Waals surface area contributed by atoms with Crippen LogP contribution in [0.5, 0.6) is 0 Å². The van der Waals surface area contributed by atoms with Gasteiger partial charge >= 0.3 is 5.97 Å². The van der Waals surface area contributed by atoms with Crippen molar-refractivity contribution in [2.24, 2.45) is 0 Å². The first-order valence-corrected chi connectivity index (χ1v) is 10.2. The van der Waals surface area contributed by atoms with Crippen molar-refractivity contribution in [1.82, 2.24) is 19.6 Å². The van der Waals surface area contributed by atoms with E-state index in [4.69, 9.17) is 16.3 Å². The minimum absolute atomic E-state index is 0.0239. The van der Waals surface area contributed by atoms with Crippen LogP contribution in [0.2, 0.25) is 5.02 Å². The van der Waals surface area contributed by atoms with Crippen molar-refractivity contribution in [2.75, 3.05) is 12.4 Å². The average molecular weight is 450 g/mol. The molecule has 0 amide bonds. The summed E-state index contributed by atoms with van der Waals surface area (Å²) in [5.41, 5.74) is 2.50. The highest BCUT2D eigenvalue weighted by Crippen LogP contribution is 2.20. The molecule has 0 atom stereocenters. The zero-order valence-electron chi connectivity index (χ0n) is 17.2. The molecule has 0 aliphatic carbocycles. The van der Waals surface area contributed by atoms with Gasteiger partial charge in [0.15, 0.2) is 0 Å². The maximum atomic E-state index is 12.9. The standard InChI is InChI=1S/C23H20ClN5O3/c1-32-23(31)18-9-4-5-10-20(18)29-22(30)21(24)19(14-27-29)25-13-16-7-2-3-8-17(16)15-28-12-6-11-26-28/h2-12,14,25H,13,15H2,1H3. The number of carbonyl (C=O) groups is 1. The smallest absolute Gasteiger partial charge is 0.340 e. The van der Waals surface area contributed by atoms with Crippen LogP contribution in [0.1, 0.15) is 21.5 Å². The Hall–Kier alpha value is -3.91. The van der Waals surface area contributed by atoms with Gasteiger partial charge in [0, 0.05) is 18.9 Å². The monoisotopic (exact) mass is 449 g/mol. The van der Waals surface area contributed by atoms with Gasteiger partial charge in [-0.25, -0.2) is 4.79 Å². The largest absolute Gasteiger partial charge is 0.465 e. The molecular formula is C23H20ClN5O3. The van der Waals surface area contributed by atoms with E-state index in [0.717, 1.165) is 15.8 Å². The Morgan fingerprint density at radius 1 is 1.06 bits per heavy atom. The first-order valence-electron chi connectivity index (χ1n) is 9.82. The second kappa shape index (κ2) is 9.49. The van der Waals surface area contributed by atoms with E-state index in [1.54, 1.807) is 30.5 Å². The third kappa shape index (κ3) is 4.40. The molecule has 4 rings (SSSR count). The number of methoxy groups -OCH3 is 1. The molecule has 2 aromatic carbocycles. The lowest BCUT2D eigenvalue weighted by Crippen LogP contribution is -2.24. The topological polar surface area (TPSA) is 91.0 Å². The Morgan fingerprint density at radius 2 is 1.81 bits per heavy atom. The Labute approximate surface area is 189 Å². The van der Waals surface area contributed by atoms with Crippen molar-refractivity contribution >= 4 is 23.3 Å². The van der Waals surface area contributed by atoms with Crippen molar-refractivity contribution < 1.29 is 9.53 Å². The van der Waals surface area contributed by atoms with Crippen LogP contribution >= 0.6 is 11.6 Å². The zero-order valence-corrected chi connectivity index (χ0v) is 18.0. The van der Waals surface area contributed by atoms with Crippen molar-refractivity contribution in [3.05, 3.63) is 105 Å². The van der Waals surface area contributed by atoms with E-state index in [9.17, 15) is 9.59 Å². The molecule has 8 nitrogen and oxygen atoms in total. The average Bonchev–Trinajstić information content (AvgIpc) is 3.33. The van der Waals surface area contributed by atoms with Crippen molar-refractivity contribution in [3.63, 3.8) is 0 Å². The Balaban J connectivity index is 1.59. The quantitative estimate of drug-likeness (QED) is 0.434. The second-order valence-corrected chi connectivity index (χ2v) is 7.30. The van der Waals surface area contributed by atoms with Crippen molar-refractivity contribution in [3.8, 4) is 5.69 Å². The molecule has 0 saturated carbocycles. The summed E-state index contributed by atoms with van der Waals surface area (Å²) in [6.07, 6.45) is 5.10. The first-order chi connectivity index (χ1) is 15.6. The Morgan fingerprint density at radius 3 is 2.56 bits per heavy atom. The highest BCUT2D eigenvalue weighted by molar-refractivity contribution is 6.32. The number of anilines is 1. The number of hydrogen-bond donors (Lipinski definition) is 1. The molecule has 0 spiro atoms. The van der Waals surface area contributed by atoms with E-state index in [2.05, 4.69) is 15.5 Å². The van der Waals surface area contributed by atoms with Crippen molar-refractivity contribution in [2.45, 2.75) is 13.1 Å². The van der Waals surface area contributed by atoms with Gasteiger partial charge in [0.2, 0.25) is 0 Å². The molecule has 0 unspecified atom stereocenters. The summed E-state index contributed by atoms with van der Waals surface area (Å²) < 4.78 is 7.72. The zero-order chi connectivity index (χ0) is 22.5. The fraction of sp³-hybridized carbons (Fsp3) is 0.130. The molecule has 32 heavy (non-hydrogen) atoms. The number of carbonyl (C=O) groups excluding carboxylic acids is 1. The molecule has 0 fully saturated rings. The molecule has 0 saturated heterocycles. The molecule has 9 heteroatoms. The fourth-order valence-electron chi connectivity index (χ4n) is 3.31. The number of nitrogens with zero attached hydrogens (tertiary/aromatic N) is 4. The van der Waals surface area contributed by atoms with E-state index in [-0.39, 0.29) is 10.6 Å². The van der Waals surface area contributed by atoms with Gasteiger partial charge in [-0.2, -0.15) is 14.9 Å². The highest BCUT2D eigenvalue weighted by atomic mass is 35.5. The lowest BCUT2D eigenvalue weighted by atomic mass is 10.1. The van der Waals surface area contributed by atoms with Gasteiger partial charge < -0.3 is 10.1 Å². The van der Waals surface area contributed by atoms with Crippen LogP contribution in [0.4, 0.5) is 5.69 Å². The number of hydrogen-bond acceptors (Lipinski definition) is 6. The van der Waals surface area contributed by atoms with E-state index >= 15 is 0 Å². The van der Waals surface area contributed by atoms with Gasteiger partial charge in [0.05, 0.1) is 36.8 Å². The third-order valence-corrected chi connectivity index (χ3v) is 5.30. The van der Waals surface area contributed by atoms with E-state index < -0.39 is 11.5 Å². The Bertz CT molecular complexity index is 1300. The number of aromatic nitrogens is 4. The number of ether oxygens (including phenoxy) is 1. The summed E-state index contributed by atoms with van der Waals surface area (Å²) in [4.78, 5) is 25.0. The van der Waals surface area contributed by atoms with Crippen LogP contribution in [0, 0.1) is 0 Å². The van der Waals surface area contributed by atoms with Gasteiger partial charge in [0.25, 0.3) is 5.56 Å². The molecule has 1 N–H and O–H groups in total. The lowest BCUT2D eigenvalue weighted by molar-refractivity contribution is 0.0600. The third-order valence-electron chi connectivity index (χ3n) is 4.94. The summed E-state index contributed by atoms with van der Waals surface area (Å²) in [6, 6.07) is 16.4. The highest BCUT2D eigenvalue weighted by Gasteiger charge is 2.17. The predicted molar refractivity (Wildman–Crippen MR) is 121 cm³/mol. The van der Waals surface area contributed by atoms with Crippen LogP contribution in [0.25, 0.3) is 5.69 Å². The normalized spacial score (nSPS) is 10.7. The summed E-state index contributed by atoms with van der Waals surface area (Å²) in [5.74, 6) is -0.568. The molecule has 2 heterocycles. The first kappa shape index (κ1) is 21.3. The van der Waals surface area contributed by atoms with E-state index in [0.29, 0.717) is 24.5 Å². The van der Waals surface area contributed by atoms with Crippen LogP contribution in [-0.2, 0) is 17.8 Å². The number of nitrogens with one attached hydrogen (secondary N) is 1. The number of rotatable bonds is 7. The molecule has 0 aliphatic heterocycles. The number of para-hydroxylation sites is 1. The van der Waals surface area contributed by atoms with Gasteiger partial charge in [0.1, 0.15) is 5.02 Å². The maximum absolute atomic E-state index is 12.9. The number of esters is 1. The lowest BCUT2D eigenvalue weighted by Gasteiger charge is -2.14. The number of benzene rings is 2. The molecule has 0 bridgehead atoms. The second-order valence-electron chi connectivity index (χ2n) is 6.92. The molecule has 0 aliphatic rings. The Kier molecular flexibility index (Phi) is 6.32. The summed E-state index contributed by atoms with van der Waals surface area (Å²) in [6.45, 7) is 1.07. The molecule has 2 aromatic heterocycles. The molecule has 4 aromatic rings. The summed E-state index contributed by atoms with van der Waals surface area (Å²) >= 11 is 6.37. The minimum Gasteiger partial charge on any atom is -0.465 e. The van der Waals surface area contributed by atoms with Crippen LogP contribution < -0.4 is 10.9 Å². The van der Waals surface area contributed by atoms with E-state index in [1.807, 2.05) is 41.2 Å². The van der Waals surface area contributed by atoms with Crippen LogP contribution in [0.15, 0.2) is 78.0 Å². The van der Waals surface area contributed by atoms with Crippen molar-refractivity contribution in [1.29, 1.82) is 0 Å². The van der Waals surface area contributed by atoms with Gasteiger partial charge in [-0.05, 0) is 29.3 Å². The minimum atomic E-state index is -0.568. The predicted octanol–water partition coefficient (Wildman–Crippen LogP) is 3.53. The number of halogens is 1. The fourth-order valence-corrected chi connectivity index (χ4v) is 3.51. The molecular weight excluding hydrogens is 430 g/mol. The SMILES string of the molecule is COC(=O)c1ccccc1-n1ncc(NCc2ccccc2Cn2cccn2)c(Cl)c1=O. The molecule has 0 radical (unpaired) electrons.